The van der Waals surface area contributed by atoms with Crippen molar-refractivity contribution in [2.24, 2.45) is 0 Å². The van der Waals surface area contributed by atoms with Crippen molar-refractivity contribution in [3.05, 3.63) is 0 Å². The van der Waals surface area contributed by atoms with Gasteiger partial charge in [-0.25, -0.2) is 0 Å². The van der Waals surface area contributed by atoms with Crippen molar-refractivity contribution in [3.63, 3.8) is 0 Å². The molecule has 0 saturated carbocycles. The summed E-state index contributed by atoms with van der Waals surface area (Å²) in [6.07, 6.45) is 0. The van der Waals surface area contributed by atoms with Gasteiger partial charge in [-0.1, -0.05) is 0 Å². The molecule has 0 bridgehead atoms. The Morgan fingerprint density at radius 3 is 1.17 bits per heavy atom. The van der Waals surface area contributed by atoms with Gasteiger partial charge in [0.25, 0.3) is 0 Å². The largest absolute Gasteiger partial charge is 0.391 e. The van der Waals surface area contributed by atoms with Crippen molar-refractivity contribution in [2.45, 2.75) is 26.4 Å². The SMILES string of the molecule is CC(C)(C)O.[Ba]. The molecular weight excluding hydrogens is 201 g/mol. The Labute approximate surface area is 79.2 Å². The average Bonchev–Trinajstić information content (AvgIpc) is 0.722. The summed E-state index contributed by atoms with van der Waals surface area (Å²) in [5.74, 6) is 0. The maximum atomic E-state index is 8.52. The number of rotatable bonds is 0. The summed E-state index contributed by atoms with van der Waals surface area (Å²) in [5.41, 5.74) is -0.500. The first-order valence-corrected chi connectivity index (χ1v) is 1.72. The van der Waals surface area contributed by atoms with E-state index < -0.39 is 5.60 Å². The summed E-state index contributed by atoms with van der Waals surface area (Å²) in [6.45, 7) is 5.23. The molecule has 0 saturated heterocycles. The van der Waals surface area contributed by atoms with Gasteiger partial charge in [-0.3, -0.25) is 0 Å². The van der Waals surface area contributed by atoms with E-state index >= 15 is 0 Å². The van der Waals surface area contributed by atoms with Crippen LogP contribution in [0.25, 0.3) is 0 Å². The van der Waals surface area contributed by atoms with Crippen molar-refractivity contribution >= 4 is 48.9 Å². The van der Waals surface area contributed by atoms with Crippen molar-refractivity contribution < 1.29 is 5.11 Å². The van der Waals surface area contributed by atoms with E-state index in [2.05, 4.69) is 0 Å². The van der Waals surface area contributed by atoms with Crippen LogP contribution in [-0.4, -0.2) is 59.6 Å². The van der Waals surface area contributed by atoms with Crippen molar-refractivity contribution in [1.29, 1.82) is 0 Å². The molecule has 0 fully saturated rings. The molecule has 0 amide bonds. The zero-order valence-electron chi connectivity index (χ0n) is 4.65. The Hall–Kier alpha value is 1.53. The second-order valence-corrected chi connectivity index (χ2v) is 2.17. The van der Waals surface area contributed by atoms with Crippen LogP contribution in [0.4, 0.5) is 0 Å². The van der Waals surface area contributed by atoms with Gasteiger partial charge in [0, 0.05) is 48.9 Å². The fourth-order valence-corrected chi connectivity index (χ4v) is 0. The molecule has 1 nitrogen and oxygen atoms in total. The summed E-state index contributed by atoms with van der Waals surface area (Å²) >= 11 is 0. The Balaban J connectivity index is 0. The van der Waals surface area contributed by atoms with Crippen LogP contribution in [0, 0.1) is 0 Å². The van der Waals surface area contributed by atoms with Gasteiger partial charge in [0.05, 0.1) is 5.60 Å². The van der Waals surface area contributed by atoms with Gasteiger partial charge in [0.1, 0.15) is 0 Å². The van der Waals surface area contributed by atoms with Crippen molar-refractivity contribution in [1.82, 2.24) is 0 Å². The van der Waals surface area contributed by atoms with E-state index in [-0.39, 0.29) is 48.9 Å². The van der Waals surface area contributed by atoms with Crippen LogP contribution in [-0.2, 0) is 0 Å². The summed E-state index contributed by atoms with van der Waals surface area (Å²) in [5, 5.41) is 8.52. The average molecular weight is 211 g/mol. The van der Waals surface area contributed by atoms with E-state index in [1.807, 2.05) is 0 Å². The smallest absolute Gasteiger partial charge is 0.0563 e. The Kier molecular flexibility index (Phi) is 6.17. The standard InChI is InChI=1S/C4H10O.Ba/c1-4(2,3)5;/h5H,1-3H3;. The predicted molar refractivity (Wildman–Crippen MR) is 27.7 cm³/mol. The van der Waals surface area contributed by atoms with Crippen LogP contribution in [0.1, 0.15) is 20.8 Å². The molecule has 0 aliphatic rings. The minimum atomic E-state index is -0.500. The van der Waals surface area contributed by atoms with E-state index in [9.17, 15) is 0 Å². The number of aliphatic hydroxyl groups is 1. The molecule has 0 aromatic rings. The first kappa shape index (κ1) is 10.5. The quantitative estimate of drug-likeness (QED) is 0.575. The topological polar surface area (TPSA) is 20.2 Å². The molecule has 0 aromatic carbocycles. The second-order valence-electron chi connectivity index (χ2n) is 2.17. The molecule has 0 aliphatic heterocycles. The van der Waals surface area contributed by atoms with Crippen LogP contribution in [0.15, 0.2) is 0 Å². The number of hydrogen-bond donors (Lipinski definition) is 1. The number of hydrogen-bond acceptors (Lipinski definition) is 1. The van der Waals surface area contributed by atoms with Crippen molar-refractivity contribution in [3.8, 4) is 0 Å². The van der Waals surface area contributed by atoms with Crippen LogP contribution < -0.4 is 0 Å². The molecule has 0 atom stereocenters. The first-order chi connectivity index (χ1) is 2.00. The summed E-state index contributed by atoms with van der Waals surface area (Å²) < 4.78 is 0. The summed E-state index contributed by atoms with van der Waals surface area (Å²) in [7, 11) is 0. The van der Waals surface area contributed by atoms with E-state index in [0.29, 0.717) is 0 Å². The molecule has 0 unspecified atom stereocenters. The maximum Gasteiger partial charge on any atom is 0.0563 e. The molecule has 0 rings (SSSR count). The summed E-state index contributed by atoms with van der Waals surface area (Å²) in [4.78, 5) is 0. The van der Waals surface area contributed by atoms with Gasteiger partial charge in [-0.15, -0.1) is 0 Å². The van der Waals surface area contributed by atoms with Gasteiger partial charge in [0.15, 0.2) is 0 Å². The molecule has 1 N–H and O–H groups in total. The minimum absolute atomic E-state index is 0. The zero-order chi connectivity index (χ0) is 4.50. The second kappa shape index (κ2) is 3.52. The van der Waals surface area contributed by atoms with Crippen LogP contribution in [0.5, 0.6) is 0 Å². The molecule has 6 heavy (non-hydrogen) atoms. The molecule has 0 heterocycles. The fraction of sp³-hybridized carbons (Fsp3) is 1.00. The van der Waals surface area contributed by atoms with Gasteiger partial charge in [-0.05, 0) is 20.8 Å². The summed E-state index contributed by atoms with van der Waals surface area (Å²) in [6, 6.07) is 0. The van der Waals surface area contributed by atoms with Gasteiger partial charge in [0.2, 0.25) is 0 Å². The normalized spacial score (nSPS) is 10.0. The molecule has 0 aliphatic carbocycles. The molecule has 2 radical (unpaired) electrons. The van der Waals surface area contributed by atoms with Gasteiger partial charge < -0.3 is 5.11 Å². The van der Waals surface area contributed by atoms with Crippen molar-refractivity contribution in [2.75, 3.05) is 0 Å². The Morgan fingerprint density at radius 2 is 1.17 bits per heavy atom. The first-order valence-electron chi connectivity index (χ1n) is 1.72. The Morgan fingerprint density at radius 1 is 1.17 bits per heavy atom. The van der Waals surface area contributed by atoms with E-state index in [0.717, 1.165) is 0 Å². The monoisotopic (exact) mass is 212 g/mol. The third kappa shape index (κ3) is 48.4. The van der Waals surface area contributed by atoms with Gasteiger partial charge >= 0.3 is 0 Å². The van der Waals surface area contributed by atoms with Crippen LogP contribution >= 0.6 is 0 Å². The van der Waals surface area contributed by atoms with Crippen LogP contribution in [0.2, 0.25) is 0 Å². The fourth-order valence-electron chi connectivity index (χ4n) is 0. The third-order valence-corrected chi connectivity index (χ3v) is 0. The predicted octanol–water partition coefficient (Wildman–Crippen LogP) is 0.396. The molecule has 2 heteroatoms. The molecule has 34 valence electrons. The van der Waals surface area contributed by atoms with E-state index in [1.165, 1.54) is 0 Å². The van der Waals surface area contributed by atoms with E-state index in [4.69, 9.17) is 5.11 Å². The molecule has 0 aromatic heterocycles. The zero-order valence-corrected chi connectivity index (χ0v) is 9.10. The molecule has 0 spiro atoms. The molecular formula is C4H10BaO. The van der Waals surface area contributed by atoms with Gasteiger partial charge in [-0.2, -0.15) is 0 Å². The van der Waals surface area contributed by atoms with E-state index in [1.54, 1.807) is 20.8 Å². The minimum Gasteiger partial charge on any atom is -0.391 e. The van der Waals surface area contributed by atoms with Crippen LogP contribution in [0.3, 0.4) is 0 Å². The Bertz CT molecular complexity index is 23.0. The third-order valence-electron chi connectivity index (χ3n) is 0. The maximum absolute atomic E-state index is 8.52.